The third kappa shape index (κ3) is 1.56. The number of likely N-dealkylation sites (tertiary alicyclic amines) is 1. The lowest BCUT2D eigenvalue weighted by Crippen LogP contribution is -2.81. The zero-order valence-corrected chi connectivity index (χ0v) is 16.3. The molecular weight excluding hydrogens is 376 g/mol. The number of methoxy groups -OCH3 is 2. The van der Waals surface area contributed by atoms with Crippen molar-refractivity contribution in [1.29, 1.82) is 0 Å². The van der Waals surface area contributed by atoms with Gasteiger partial charge in [0.05, 0.1) is 12.5 Å². The fraction of sp³-hybridized carbons (Fsp3) is 0.571. The van der Waals surface area contributed by atoms with E-state index < -0.39 is 28.6 Å². The predicted octanol–water partition coefficient (Wildman–Crippen LogP) is 1.47. The normalized spacial score (nSPS) is 42.3. The number of carbonyl (C=O) groups excluding carboxylic acids is 1. The number of piperidine rings is 1. The van der Waals surface area contributed by atoms with Gasteiger partial charge in [-0.25, -0.2) is 0 Å². The predicted molar refractivity (Wildman–Crippen MR) is 101 cm³/mol. The minimum atomic E-state index is -1.15. The van der Waals surface area contributed by atoms with Crippen LogP contribution in [-0.2, 0) is 21.4 Å². The second-order valence-electron chi connectivity index (χ2n) is 8.85. The molecule has 6 aliphatic rings. The van der Waals surface area contributed by atoms with Crippen molar-refractivity contribution in [1.82, 2.24) is 4.90 Å². The molecule has 29 heavy (non-hydrogen) atoms. The number of nitro groups is 1. The Kier molecular flexibility index (Phi) is 3.04. The maximum Gasteiger partial charge on any atom is 0.249 e. The summed E-state index contributed by atoms with van der Waals surface area (Å²) >= 11 is 0. The molecule has 2 heterocycles. The molecule has 1 amide bonds. The third-order valence-corrected chi connectivity index (χ3v) is 8.41. The van der Waals surface area contributed by atoms with Gasteiger partial charge in [0.2, 0.25) is 12.5 Å². The Bertz CT molecular complexity index is 994. The van der Waals surface area contributed by atoms with E-state index in [2.05, 4.69) is 12.1 Å². The van der Waals surface area contributed by atoms with Gasteiger partial charge >= 0.3 is 0 Å². The molecule has 6 atom stereocenters. The van der Waals surface area contributed by atoms with Crippen molar-refractivity contribution in [3.8, 4) is 11.5 Å². The molecule has 4 bridgehead atoms. The lowest BCUT2D eigenvalue weighted by atomic mass is 9.38. The molecule has 8 heteroatoms. The minimum absolute atomic E-state index is 0.138. The molecule has 1 saturated carbocycles. The average Bonchev–Trinajstić information content (AvgIpc) is 3.10. The van der Waals surface area contributed by atoms with Crippen molar-refractivity contribution in [3.05, 3.63) is 45.5 Å². The minimum Gasteiger partial charge on any atom is -0.493 e. The van der Waals surface area contributed by atoms with Crippen LogP contribution in [0.15, 0.2) is 24.3 Å². The van der Waals surface area contributed by atoms with Gasteiger partial charge in [-0.2, -0.15) is 0 Å². The Balaban J connectivity index is 1.71. The standard InChI is InChI=1S/C21H22N2O6/c1-27-13-4-3-12-9-14-19-5-6-21(28-2,15(10-19)23(25)26)18-20(19,7-8-22(14)11-24)16(12)17(13)29-18/h3-6,11,14-15,18H,7-10H2,1-2H3/t14?,15?,18?,19?,20-,21?/m0/s1. The summed E-state index contributed by atoms with van der Waals surface area (Å²) in [5.41, 5.74) is 0.0647. The van der Waals surface area contributed by atoms with E-state index in [0.717, 1.165) is 17.5 Å². The van der Waals surface area contributed by atoms with Crippen LogP contribution in [0.2, 0.25) is 0 Å². The van der Waals surface area contributed by atoms with Crippen molar-refractivity contribution < 1.29 is 23.9 Å². The molecule has 0 aromatic heterocycles. The third-order valence-electron chi connectivity index (χ3n) is 8.41. The van der Waals surface area contributed by atoms with Gasteiger partial charge in [-0.1, -0.05) is 12.1 Å². The molecule has 1 aromatic carbocycles. The SMILES string of the molecule is COc1ccc2c3c1OC1C4(OC)C=CC5(CC4[N+](=O)[O-])C(C2)N(C=O)CC[C@]315. The Labute approximate surface area is 167 Å². The van der Waals surface area contributed by atoms with Gasteiger partial charge in [0, 0.05) is 42.0 Å². The quantitative estimate of drug-likeness (QED) is 0.330. The van der Waals surface area contributed by atoms with Crippen LogP contribution >= 0.6 is 0 Å². The van der Waals surface area contributed by atoms with E-state index >= 15 is 0 Å². The van der Waals surface area contributed by atoms with Crippen molar-refractivity contribution >= 4 is 6.41 Å². The highest BCUT2D eigenvalue weighted by molar-refractivity contribution is 5.66. The van der Waals surface area contributed by atoms with Crippen LogP contribution in [0.3, 0.4) is 0 Å². The molecule has 5 unspecified atom stereocenters. The molecule has 152 valence electrons. The first kappa shape index (κ1) is 17.3. The summed E-state index contributed by atoms with van der Waals surface area (Å²) in [6.07, 6.45) is 5.98. The summed E-state index contributed by atoms with van der Waals surface area (Å²) in [4.78, 5) is 25.7. The molecule has 0 N–H and O–H groups in total. The van der Waals surface area contributed by atoms with E-state index in [1.165, 1.54) is 7.11 Å². The molecule has 8 nitrogen and oxygen atoms in total. The number of ether oxygens (including phenoxy) is 3. The van der Waals surface area contributed by atoms with Gasteiger partial charge < -0.3 is 19.1 Å². The Morgan fingerprint density at radius 1 is 1.34 bits per heavy atom. The number of hydrogen-bond donors (Lipinski definition) is 0. The zero-order valence-electron chi connectivity index (χ0n) is 16.3. The lowest BCUT2D eigenvalue weighted by Gasteiger charge is -2.68. The summed E-state index contributed by atoms with van der Waals surface area (Å²) in [7, 11) is 3.14. The van der Waals surface area contributed by atoms with Crippen LogP contribution in [0.5, 0.6) is 11.5 Å². The Morgan fingerprint density at radius 2 is 2.17 bits per heavy atom. The van der Waals surface area contributed by atoms with Crippen LogP contribution in [0.25, 0.3) is 0 Å². The summed E-state index contributed by atoms with van der Waals surface area (Å²) < 4.78 is 18.1. The number of fused-ring (bicyclic) bond motifs is 1. The van der Waals surface area contributed by atoms with Crippen LogP contribution in [0.1, 0.15) is 24.0 Å². The molecular formula is C21H22N2O6. The zero-order chi connectivity index (χ0) is 20.2. The molecule has 2 spiro atoms. The van der Waals surface area contributed by atoms with Crippen molar-refractivity contribution in [2.24, 2.45) is 5.41 Å². The second-order valence-corrected chi connectivity index (χ2v) is 8.85. The van der Waals surface area contributed by atoms with Gasteiger partial charge in [0.15, 0.2) is 17.1 Å². The Morgan fingerprint density at radius 3 is 2.86 bits per heavy atom. The van der Waals surface area contributed by atoms with E-state index in [4.69, 9.17) is 14.2 Å². The molecule has 7 rings (SSSR count). The summed E-state index contributed by atoms with van der Waals surface area (Å²) in [5.74, 6) is 1.33. The summed E-state index contributed by atoms with van der Waals surface area (Å²) in [5, 5.41) is 12.2. The van der Waals surface area contributed by atoms with E-state index in [0.29, 0.717) is 37.3 Å². The van der Waals surface area contributed by atoms with Gasteiger partial charge in [-0.15, -0.1) is 0 Å². The highest BCUT2D eigenvalue weighted by Gasteiger charge is 2.82. The van der Waals surface area contributed by atoms with E-state index in [1.54, 1.807) is 7.11 Å². The summed E-state index contributed by atoms with van der Waals surface area (Å²) in [6, 6.07) is 2.86. The number of nitrogens with zero attached hydrogens (tertiary/aromatic N) is 2. The van der Waals surface area contributed by atoms with Gasteiger partial charge in [-0.05, 0) is 30.5 Å². The number of carbonyl (C=O) groups is 1. The van der Waals surface area contributed by atoms with Crippen LogP contribution in [0.4, 0.5) is 0 Å². The van der Waals surface area contributed by atoms with Gasteiger partial charge in [0.25, 0.3) is 0 Å². The Hall–Kier alpha value is -2.61. The van der Waals surface area contributed by atoms with Crippen LogP contribution in [0, 0.1) is 15.5 Å². The maximum atomic E-state index is 12.2. The molecule has 4 aliphatic carbocycles. The summed E-state index contributed by atoms with van der Waals surface area (Å²) in [6.45, 7) is 0.600. The average molecular weight is 398 g/mol. The smallest absolute Gasteiger partial charge is 0.249 e. The van der Waals surface area contributed by atoms with E-state index in [-0.39, 0.29) is 11.0 Å². The number of amides is 1. The largest absolute Gasteiger partial charge is 0.493 e. The maximum absolute atomic E-state index is 12.2. The monoisotopic (exact) mass is 398 g/mol. The first-order chi connectivity index (χ1) is 14.0. The van der Waals surface area contributed by atoms with E-state index in [9.17, 15) is 14.9 Å². The molecule has 1 aromatic rings. The molecule has 0 radical (unpaired) electrons. The first-order valence-corrected chi connectivity index (χ1v) is 9.96. The molecule has 2 aliphatic heterocycles. The van der Waals surface area contributed by atoms with Gasteiger partial charge in [0.1, 0.15) is 6.10 Å². The lowest BCUT2D eigenvalue weighted by molar-refractivity contribution is -0.558. The number of hydrogen-bond acceptors (Lipinski definition) is 6. The number of benzene rings is 1. The van der Waals surface area contributed by atoms with Crippen molar-refractivity contribution in [3.63, 3.8) is 0 Å². The van der Waals surface area contributed by atoms with Crippen LogP contribution in [-0.4, -0.2) is 60.8 Å². The fourth-order valence-electron chi connectivity index (χ4n) is 7.35. The highest BCUT2D eigenvalue weighted by atomic mass is 16.6. The van der Waals surface area contributed by atoms with E-state index in [1.807, 2.05) is 17.0 Å². The highest BCUT2D eigenvalue weighted by Crippen LogP contribution is 2.73. The topological polar surface area (TPSA) is 91.1 Å². The van der Waals surface area contributed by atoms with Crippen molar-refractivity contribution in [2.45, 2.75) is 48.5 Å². The van der Waals surface area contributed by atoms with Gasteiger partial charge in [-0.3, -0.25) is 14.9 Å². The molecule has 1 saturated heterocycles. The molecule has 2 fully saturated rings. The fourth-order valence-corrected chi connectivity index (χ4v) is 7.35. The number of rotatable bonds is 4. The van der Waals surface area contributed by atoms with Crippen LogP contribution < -0.4 is 9.47 Å². The second kappa shape index (κ2) is 5.11. The van der Waals surface area contributed by atoms with Crippen molar-refractivity contribution in [2.75, 3.05) is 20.8 Å². The first-order valence-electron chi connectivity index (χ1n) is 9.96.